The van der Waals surface area contributed by atoms with E-state index in [9.17, 15) is 29.8 Å². The molecule has 0 N–H and O–H groups in total. The normalized spacial score (nSPS) is 16.4. The summed E-state index contributed by atoms with van der Waals surface area (Å²) in [5.74, 6) is -1.73. The van der Waals surface area contributed by atoms with Crippen LogP contribution in [-0.2, 0) is 19.1 Å². The quantitative estimate of drug-likeness (QED) is 0.368. The molecule has 0 saturated carbocycles. The molecule has 0 fully saturated rings. The van der Waals surface area contributed by atoms with Crippen molar-refractivity contribution in [3.63, 3.8) is 0 Å². The van der Waals surface area contributed by atoms with Gasteiger partial charge >= 0.3 is 11.9 Å². The molecule has 4 atom stereocenters. The predicted molar refractivity (Wildman–Crippen MR) is 64.0 cm³/mol. The SMILES string of the molecule is CC(=O)O[C@H]([C@H](OC(C)=O)[C@@H](C)[N+](=O)[O-])[C@@H](C)[N+](=O)[O-]. The van der Waals surface area contributed by atoms with E-state index in [0.717, 1.165) is 27.7 Å². The average molecular weight is 292 g/mol. The van der Waals surface area contributed by atoms with E-state index in [-0.39, 0.29) is 0 Å². The summed E-state index contributed by atoms with van der Waals surface area (Å²) < 4.78 is 9.49. The fourth-order valence-corrected chi connectivity index (χ4v) is 1.50. The third kappa shape index (κ3) is 5.16. The molecule has 0 bridgehead atoms. The Hall–Kier alpha value is -2.26. The summed E-state index contributed by atoms with van der Waals surface area (Å²) in [6.45, 7) is 4.22. The zero-order valence-electron chi connectivity index (χ0n) is 11.5. The Labute approximate surface area is 114 Å². The van der Waals surface area contributed by atoms with Crippen LogP contribution in [0.2, 0.25) is 0 Å². The summed E-state index contributed by atoms with van der Waals surface area (Å²) in [6, 6.07) is -2.93. The molecule has 20 heavy (non-hydrogen) atoms. The van der Waals surface area contributed by atoms with Gasteiger partial charge in [-0.3, -0.25) is 29.8 Å². The third-order valence-corrected chi connectivity index (χ3v) is 2.54. The maximum atomic E-state index is 11.0. The molecule has 0 aliphatic carbocycles. The summed E-state index contributed by atoms with van der Waals surface area (Å²) in [7, 11) is 0. The van der Waals surface area contributed by atoms with Gasteiger partial charge in [-0.2, -0.15) is 0 Å². The summed E-state index contributed by atoms with van der Waals surface area (Å²) >= 11 is 0. The van der Waals surface area contributed by atoms with Crippen molar-refractivity contribution in [3.8, 4) is 0 Å². The fourth-order valence-electron chi connectivity index (χ4n) is 1.50. The Balaban J connectivity index is 5.47. The molecular formula is C10H16N2O8. The molecule has 0 unspecified atom stereocenters. The van der Waals surface area contributed by atoms with Gasteiger partial charge in [0.15, 0.2) is 0 Å². The first-order valence-electron chi connectivity index (χ1n) is 5.69. The van der Waals surface area contributed by atoms with Crippen molar-refractivity contribution in [3.05, 3.63) is 20.2 Å². The summed E-state index contributed by atoms with van der Waals surface area (Å²) in [5.41, 5.74) is 0. The number of hydrogen-bond acceptors (Lipinski definition) is 8. The van der Waals surface area contributed by atoms with Gasteiger partial charge in [-0.25, -0.2) is 0 Å². The van der Waals surface area contributed by atoms with Crippen molar-refractivity contribution in [1.82, 2.24) is 0 Å². The largest absolute Gasteiger partial charge is 0.451 e. The molecule has 0 amide bonds. The Bertz CT molecular complexity index is 372. The molecule has 0 rings (SSSR count). The first-order chi connectivity index (χ1) is 9.07. The highest BCUT2D eigenvalue weighted by Crippen LogP contribution is 2.17. The standard InChI is InChI=1S/C10H16N2O8/c1-5(11(15)16)9(19-7(3)13)10(20-8(4)14)6(2)12(17)18/h5-6,9-10H,1-4H3/t5-,6-,9-,10+/m1/s1. The molecule has 0 aromatic rings. The van der Waals surface area contributed by atoms with Crippen molar-refractivity contribution in [2.45, 2.75) is 52.0 Å². The molecule has 0 spiro atoms. The lowest BCUT2D eigenvalue weighted by Crippen LogP contribution is -2.51. The van der Waals surface area contributed by atoms with E-state index in [2.05, 4.69) is 0 Å². The molecule has 0 saturated heterocycles. The monoisotopic (exact) mass is 292 g/mol. The van der Waals surface area contributed by atoms with Crippen LogP contribution in [-0.4, -0.2) is 46.1 Å². The molecule has 0 aromatic heterocycles. The number of ether oxygens (including phenoxy) is 2. The van der Waals surface area contributed by atoms with Crippen LogP contribution in [0.5, 0.6) is 0 Å². The van der Waals surface area contributed by atoms with E-state index < -0.39 is 46.1 Å². The minimum atomic E-state index is -1.55. The molecule has 0 aromatic carbocycles. The van der Waals surface area contributed by atoms with E-state index >= 15 is 0 Å². The van der Waals surface area contributed by atoms with Crippen LogP contribution in [0, 0.1) is 20.2 Å². The number of carbonyl (C=O) groups excluding carboxylic acids is 2. The first-order valence-corrected chi connectivity index (χ1v) is 5.69. The molecule has 10 heteroatoms. The van der Waals surface area contributed by atoms with Gasteiger partial charge in [-0.1, -0.05) is 0 Å². The molecule has 114 valence electrons. The van der Waals surface area contributed by atoms with Gasteiger partial charge in [-0.05, 0) is 0 Å². The lowest BCUT2D eigenvalue weighted by molar-refractivity contribution is -0.552. The zero-order chi connectivity index (χ0) is 16.0. The van der Waals surface area contributed by atoms with Gasteiger partial charge in [0, 0.05) is 37.5 Å². The van der Waals surface area contributed by atoms with E-state index in [4.69, 9.17) is 9.47 Å². The van der Waals surface area contributed by atoms with Gasteiger partial charge in [0.25, 0.3) is 12.1 Å². The second-order valence-electron chi connectivity index (χ2n) is 4.20. The zero-order valence-corrected chi connectivity index (χ0v) is 11.5. The Kier molecular flexibility index (Phi) is 6.53. The van der Waals surface area contributed by atoms with Crippen LogP contribution in [0.3, 0.4) is 0 Å². The van der Waals surface area contributed by atoms with Gasteiger partial charge < -0.3 is 9.47 Å². The Morgan fingerprint density at radius 2 is 1.10 bits per heavy atom. The summed E-state index contributed by atoms with van der Waals surface area (Å²) in [5, 5.41) is 21.6. The molecular weight excluding hydrogens is 276 g/mol. The average Bonchev–Trinajstić information content (AvgIpc) is 2.30. The minimum absolute atomic E-state index is 0.767. The maximum Gasteiger partial charge on any atom is 0.303 e. The number of nitro groups is 2. The Morgan fingerprint density at radius 3 is 1.25 bits per heavy atom. The first kappa shape index (κ1) is 17.7. The van der Waals surface area contributed by atoms with Crippen molar-refractivity contribution in [2.24, 2.45) is 0 Å². The highest BCUT2D eigenvalue weighted by atomic mass is 16.7. The van der Waals surface area contributed by atoms with Crippen LogP contribution in [0.4, 0.5) is 0 Å². The highest BCUT2D eigenvalue weighted by Gasteiger charge is 2.46. The van der Waals surface area contributed by atoms with Crippen molar-refractivity contribution < 1.29 is 28.9 Å². The van der Waals surface area contributed by atoms with Crippen LogP contribution < -0.4 is 0 Å². The second-order valence-corrected chi connectivity index (χ2v) is 4.20. The van der Waals surface area contributed by atoms with Crippen LogP contribution >= 0.6 is 0 Å². The van der Waals surface area contributed by atoms with Gasteiger partial charge in [0.1, 0.15) is 0 Å². The number of carbonyl (C=O) groups is 2. The van der Waals surface area contributed by atoms with Crippen LogP contribution in [0.15, 0.2) is 0 Å². The predicted octanol–water partition coefficient (Wildman–Crippen LogP) is 0.180. The molecule has 10 nitrogen and oxygen atoms in total. The van der Waals surface area contributed by atoms with E-state index in [0.29, 0.717) is 0 Å². The third-order valence-electron chi connectivity index (χ3n) is 2.54. The number of esters is 2. The fraction of sp³-hybridized carbons (Fsp3) is 0.800. The van der Waals surface area contributed by atoms with Gasteiger partial charge in [0.05, 0.1) is 0 Å². The summed E-state index contributed by atoms with van der Waals surface area (Å²) in [6.07, 6.45) is -3.10. The second kappa shape index (κ2) is 7.36. The van der Waals surface area contributed by atoms with Crippen molar-refractivity contribution >= 4 is 11.9 Å². The lowest BCUT2D eigenvalue weighted by atomic mass is 10.0. The molecule has 0 aliphatic heterocycles. The number of hydrogen-bond donors (Lipinski definition) is 0. The summed E-state index contributed by atoms with van der Waals surface area (Å²) in [4.78, 5) is 42.1. The molecule has 0 radical (unpaired) electrons. The number of nitrogens with zero attached hydrogens (tertiary/aromatic N) is 2. The van der Waals surface area contributed by atoms with Crippen LogP contribution in [0.1, 0.15) is 27.7 Å². The van der Waals surface area contributed by atoms with Crippen molar-refractivity contribution in [1.29, 1.82) is 0 Å². The smallest absolute Gasteiger partial charge is 0.303 e. The van der Waals surface area contributed by atoms with Crippen molar-refractivity contribution in [2.75, 3.05) is 0 Å². The molecule has 0 heterocycles. The number of rotatable bonds is 7. The minimum Gasteiger partial charge on any atom is -0.451 e. The van der Waals surface area contributed by atoms with Crippen LogP contribution in [0.25, 0.3) is 0 Å². The lowest BCUT2D eigenvalue weighted by Gasteiger charge is -2.26. The van der Waals surface area contributed by atoms with E-state index in [1.54, 1.807) is 0 Å². The Morgan fingerprint density at radius 1 is 0.850 bits per heavy atom. The maximum absolute atomic E-state index is 11.0. The van der Waals surface area contributed by atoms with Gasteiger partial charge in [0.2, 0.25) is 12.2 Å². The van der Waals surface area contributed by atoms with E-state index in [1.807, 2.05) is 0 Å². The topological polar surface area (TPSA) is 139 Å². The highest BCUT2D eigenvalue weighted by molar-refractivity contribution is 5.67. The molecule has 0 aliphatic rings. The van der Waals surface area contributed by atoms with Gasteiger partial charge in [-0.15, -0.1) is 0 Å². The van der Waals surface area contributed by atoms with E-state index in [1.165, 1.54) is 0 Å².